The van der Waals surface area contributed by atoms with Crippen LogP contribution in [0.2, 0.25) is 0 Å². The lowest BCUT2D eigenvalue weighted by Crippen LogP contribution is -2.18. The van der Waals surface area contributed by atoms with Gasteiger partial charge in [0.1, 0.15) is 0 Å². The highest BCUT2D eigenvalue weighted by molar-refractivity contribution is 8.00. The average Bonchev–Trinajstić information content (AvgIpc) is 2.46. The Kier molecular flexibility index (Phi) is 3.88. The second-order valence-electron chi connectivity index (χ2n) is 5.27. The van der Waals surface area contributed by atoms with Crippen LogP contribution in [0.15, 0.2) is 41.3 Å². The van der Waals surface area contributed by atoms with Crippen LogP contribution in [-0.2, 0) is 11.3 Å². The molecule has 0 bridgehead atoms. The molecule has 0 radical (unpaired) electrons. The highest BCUT2D eigenvalue weighted by atomic mass is 32.2. The number of hydrogen-bond acceptors (Lipinski definition) is 3. The Balaban J connectivity index is 1.77. The smallest absolute Gasteiger partial charge is 0.234 e. The van der Waals surface area contributed by atoms with Crippen LogP contribution >= 0.6 is 11.8 Å². The molecule has 2 aromatic carbocycles. The molecule has 1 heterocycles. The van der Waals surface area contributed by atoms with Gasteiger partial charge >= 0.3 is 0 Å². The van der Waals surface area contributed by atoms with Crippen LogP contribution in [0.1, 0.15) is 16.7 Å². The molecule has 21 heavy (non-hydrogen) atoms. The van der Waals surface area contributed by atoms with Gasteiger partial charge in [-0.15, -0.1) is 11.8 Å². The molecule has 0 saturated heterocycles. The first-order valence-corrected chi connectivity index (χ1v) is 7.98. The molecule has 0 saturated carbocycles. The number of fused-ring (bicyclic) bond motifs is 1. The summed E-state index contributed by atoms with van der Waals surface area (Å²) in [5, 5.41) is 6.37. The number of benzene rings is 2. The lowest BCUT2D eigenvalue weighted by atomic mass is 10.0. The second-order valence-corrected chi connectivity index (χ2v) is 6.29. The first kappa shape index (κ1) is 14.0. The summed E-state index contributed by atoms with van der Waals surface area (Å²) in [6, 6.07) is 12.5. The number of rotatable bonds is 3. The van der Waals surface area contributed by atoms with E-state index in [2.05, 4.69) is 54.8 Å². The Morgan fingerprint density at radius 1 is 1.19 bits per heavy atom. The Bertz CT molecular complexity index is 677. The number of aryl methyl sites for hydroxylation is 2. The van der Waals surface area contributed by atoms with Crippen molar-refractivity contribution in [2.45, 2.75) is 25.3 Å². The van der Waals surface area contributed by atoms with Gasteiger partial charge in [0.05, 0.1) is 11.4 Å². The summed E-state index contributed by atoms with van der Waals surface area (Å²) in [7, 11) is 0. The third-order valence-corrected chi connectivity index (χ3v) is 4.80. The van der Waals surface area contributed by atoms with Crippen molar-refractivity contribution in [1.82, 2.24) is 0 Å². The fourth-order valence-electron chi connectivity index (χ4n) is 2.51. The zero-order valence-electron chi connectivity index (χ0n) is 12.2. The second kappa shape index (κ2) is 5.82. The lowest BCUT2D eigenvalue weighted by molar-refractivity contribution is -0.113. The van der Waals surface area contributed by atoms with Crippen molar-refractivity contribution in [3.63, 3.8) is 0 Å². The fraction of sp³-hybridized carbons (Fsp3) is 0.235. The number of thioether (sulfide) groups is 1. The van der Waals surface area contributed by atoms with E-state index in [1.807, 2.05) is 6.07 Å². The molecule has 2 aromatic rings. The molecule has 1 amide bonds. The highest BCUT2D eigenvalue weighted by Crippen LogP contribution is 2.33. The van der Waals surface area contributed by atoms with E-state index < -0.39 is 0 Å². The van der Waals surface area contributed by atoms with Crippen LogP contribution in [0.5, 0.6) is 0 Å². The van der Waals surface area contributed by atoms with Gasteiger partial charge in [0, 0.05) is 17.1 Å². The van der Waals surface area contributed by atoms with Crippen molar-refractivity contribution in [1.29, 1.82) is 0 Å². The van der Waals surface area contributed by atoms with Gasteiger partial charge in [0.15, 0.2) is 0 Å². The fourth-order valence-corrected chi connectivity index (χ4v) is 3.30. The van der Waals surface area contributed by atoms with E-state index >= 15 is 0 Å². The molecule has 0 unspecified atom stereocenters. The van der Waals surface area contributed by atoms with Crippen LogP contribution < -0.4 is 10.6 Å². The van der Waals surface area contributed by atoms with Crippen molar-refractivity contribution >= 4 is 29.0 Å². The zero-order valence-corrected chi connectivity index (χ0v) is 13.0. The molecular weight excluding hydrogens is 280 g/mol. The Morgan fingerprint density at radius 3 is 2.71 bits per heavy atom. The maximum absolute atomic E-state index is 11.5. The minimum atomic E-state index is 0.0689. The number of hydrogen-bond donors (Lipinski definition) is 2. The first-order valence-electron chi connectivity index (χ1n) is 6.99. The van der Waals surface area contributed by atoms with Gasteiger partial charge in [-0.3, -0.25) is 4.79 Å². The maximum Gasteiger partial charge on any atom is 0.234 e. The van der Waals surface area contributed by atoms with Crippen LogP contribution in [0, 0.1) is 13.8 Å². The summed E-state index contributed by atoms with van der Waals surface area (Å²) >= 11 is 1.59. The summed E-state index contributed by atoms with van der Waals surface area (Å²) in [6.45, 7) is 5.06. The molecule has 4 heteroatoms. The zero-order chi connectivity index (χ0) is 14.8. The quantitative estimate of drug-likeness (QED) is 0.901. The molecule has 2 N–H and O–H groups in total. The SMILES string of the molecule is Cc1cccc(C)c1CNc1ccc2c(c1)NC(=O)CS2. The molecule has 0 fully saturated rings. The van der Waals surface area contributed by atoms with Crippen molar-refractivity contribution in [2.24, 2.45) is 0 Å². The molecular formula is C17H18N2OS. The van der Waals surface area contributed by atoms with E-state index in [-0.39, 0.29) is 5.91 Å². The molecule has 0 atom stereocenters. The number of carbonyl (C=O) groups excluding carboxylic acids is 1. The Labute approximate surface area is 129 Å². The monoisotopic (exact) mass is 298 g/mol. The van der Waals surface area contributed by atoms with E-state index in [4.69, 9.17) is 0 Å². The standard InChI is InChI=1S/C17H18N2OS/c1-11-4-3-5-12(2)14(11)9-18-13-6-7-16-15(8-13)19-17(20)10-21-16/h3-8,18H,9-10H2,1-2H3,(H,19,20). The summed E-state index contributed by atoms with van der Waals surface area (Å²) < 4.78 is 0. The molecule has 0 aromatic heterocycles. The normalized spacial score (nSPS) is 13.5. The van der Waals surface area contributed by atoms with Crippen molar-refractivity contribution in [2.75, 3.05) is 16.4 Å². The van der Waals surface area contributed by atoms with E-state index in [1.165, 1.54) is 16.7 Å². The Morgan fingerprint density at radius 2 is 1.95 bits per heavy atom. The summed E-state index contributed by atoms with van der Waals surface area (Å²) in [4.78, 5) is 12.6. The van der Waals surface area contributed by atoms with Gasteiger partial charge in [-0.1, -0.05) is 18.2 Å². The molecule has 108 valence electrons. The van der Waals surface area contributed by atoms with Gasteiger partial charge < -0.3 is 10.6 Å². The van der Waals surface area contributed by atoms with E-state index in [1.54, 1.807) is 11.8 Å². The van der Waals surface area contributed by atoms with Crippen LogP contribution in [0.4, 0.5) is 11.4 Å². The van der Waals surface area contributed by atoms with Gasteiger partial charge in [0.2, 0.25) is 5.91 Å². The number of amides is 1. The first-order chi connectivity index (χ1) is 10.1. The minimum absolute atomic E-state index is 0.0689. The largest absolute Gasteiger partial charge is 0.381 e. The molecule has 0 aliphatic carbocycles. The molecule has 1 aliphatic rings. The van der Waals surface area contributed by atoms with Gasteiger partial charge in [-0.25, -0.2) is 0 Å². The molecule has 1 aliphatic heterocycles. The van der Waals surface area contributed by atoms with Crippen LogP contribution in [0.25, 0.3) is 0 Å². The van der Waals surface area contributed by atoms with Gasteiger partial charge in [0.25, 0.3) is 0 Å². The lowest BCUT2D eigenvalue weighted by Gasteiger charge is -2.18. The third-order valence-electron chi connectivity index (χ3n) is 3.73. The molecule has 3 rings (SSSR count). The molecule has 3 nitrogen and oxygen atoms in total. The minimum Gasteiger partial charge on any atom is -0.381 e. The highest BCUT2D eigenvalue weighted by Gasteiger charge is 2.15. The van der Waals surface area contributed by atoms with Crippen molar-refractivity contribution in [3.8, 4) is 0 Å². The van der Waals surface area contributed by atoms with E-state index in [0.717, 1.165) is 22.8 Å². The molecule has 0 spiro atoms. The van der Waals surface area contributed by atoms with Crippen LogP contribution in [-0.4, -0.2) is 11.7 Å². The van der Waals surface area contributed by atoms with Gasteiger partial charge in [-0.2, -0.15) is 0 Å². The average molecular weight is 298 g/mol. The summed E-state index contributed by atoms with van der Waals surface area (Å²) in [5.74, 6) is 0.571. The maximum atomic E-state index is 11.5. The summed E-state index contributed by atoms with van der Waals surface area (Å²) in [5.41, 5.74) is 5.85. The van der Waals surface area contributed by atoms with Gasteiger partial charge in [-0.05, 0) is 48.7 Å². The Hall–Kier alpha value is -1.94. The number of anilines is 2. The predicted molar refractivity (Wildman–Crippen MR) is 89.0 cm³/mol. The van der Waals surface area contributed by atoms with Crippen LogP contribution in [0.3, 0.4) is 0 Å². The van der Waals surface area contributed by atoms with E-state index in [0.29, 0.717) is 5.75 Å². The topological polar surface area (TPSA) is 41.1 Å². The summed E-state index contributed by atoms with van der Waals surface area (Å²) in [6.07, 6.45) is 0. The van der Waals surface area contributed by atoms with Crippen molar-refractivity contribution < 1.29 is 4.79 Å². The third kappa shape index (κ3) is 3.05. The predicted octanol–water partition coefficient (Wildman–Crippen LogP) is 3.96. The number of carbonyl (C=O) groups is 1. The number of nitrogens with one attached hydrogen (secondary N) is 2. The van der Waals surface area contributed by atoms with Crippen molar-refractivity contribution in [3.05, 3.63) is 53.1 Å². The van der Waals surface area contributed by atoms with E-state index in [9.17, 15) is 4.79 Å².